The van der Waals surface area contributed by atoms with Gasteiger partial charge in [-0.05, 0) is 23.8 Å². The number of fused-ring (bicyclic) bond motifs is 2. The summed E-state index contributed by atoms with van der Waals surface area (Å²) in [6.07, 6.45) is -0.0551. The number of sulfone groups is 1. The topological polar surface area (TPSA) is 97.8 Å². The molecule has 1 unspecified atom stereocenters. The summed E-state index contributed by atoms with van der Waals surface area (Å²) in [7, 11) is -3.91. The fraction of sp³-hybridized carbons (Fsp3) is 0.118. The standard InChI is InChI=1S/C17H11NO6S/c19-15-11-6-2-3-7-12(11)16(20)18(15)24-17(21)14-9-10-5-1-4-8-13(10)25(14,22)23/h1-8,14H,9H2. The number of rotatable bonds is 2. The molecule has 7 nitrogen and oxygen atoms in total. The van der Waals surface area contributed by atoms with Gasteiger partial charge in [0.15, 0.2) is 15.1 Å². The monoisotopic (exact) mass is 357 g/mol. The maximum atomic E-state index is 12.5. The molecule has 0 N–H and O–H groups in total. The fourth-order valence-corrected chi connectivity index (χ4v) is 4.81. The van der Waals surface area contributed by atoms with Crippen molar-refractivity contribution in [3.63, 3.8) is 0 Å². The maximum Gasteiger partial charge on any atom is 0.351 e. The summed E-state index contributed by atoms with van der Waals surface area (Å²) in [5.74, 6) is -2.73. The molecule has 2 aromatic carbocycles. The second-order valence-corrected chi connectivity index (χ2v) is 7.80. The molecule has 0 aromatic heterocycles. The molecule has 0 radical (unpaired) electrons. The molecule has 0 bridgehead atoms. The Hall–Kier alpha value is -3.00. The number of carbonyl (C=O) groups is 3. The number of nitrogens with zero attached hydrogens (tertiary/aromatic N) is 1. The number of hydrogen-bond donors (Lipinski definition) is 0. The lowest BCUT2D eigenvalue weighted by atomic mass is 10.1. The molecular weight excluding hydrogens is 346 g/mol. The van der Waals surface area contributed by atoms with Crippen LogP contribution in [0.5, 0.6) is 0 Å². The molecule has 0 spiro atoms. The van der Waals surface area contributed by atoms with Crippen LogP contribution in [0.25, 0.3) is 0 Å². The molecule has 0 fully saturated rings. The van der Waals surface area contributed by atoms with Crippen LogP contribution < -0.4 is 0 Å². The lowest BCUT2D eigenvalue weighted by Crippen LogP contribution is -2.39. The van der Waals surface area contributed by atoms with Gasteiger partial charge in [-0.25, -0.2) is 13.2 Å². The minimum atomic E-state index is -3.91. The Morgan fingerprint density at radius 2 is 1.52 bits per heavy atom. The van der Waals surface area contributed by atoms with E-state index in [4.69, 9.17) is 4.84 Å². The molecule has 2 aliphatic heterocycles. The minimum Gasteiger partial charge on any atom is -0.328 e. The number of hydroxylamine groups is 2. The van der Waals surface area contributed by atoms with E-state index in [0.29, 0.717) is 10.6 Å². The van der Waals surface area contributed by atoms with Crippen LogP contribution in [0.3, 0.4) is 0 Å². The van der Waals surface area contributed by atoms with Crippen LogP contribution in [0.15, 0.2) is 53.4 Å². The number of imide groups is 1. The fourth-order valence-electron chi connectivity index (χ4n) is 3.02. The Morgan fingerprint density at radius 3 is 2.12 bits per heavy atom. The maximum absolute atomic E-state index is 12.5. The molecule has 2 amide bonds. The summed E-state index contributed by atoms with van der Waals surface area (Å²) in [5, 5.41) is -1.15. The first-order chi connectivity index (χ1) is 11.9. The first-order valence-electron chi connectivity index (χ1n) is 7.42. The zero-order valence-electron chi connectivity index (χ0n) is 12.7. The Kier molecular flexibility index (Phi) is 3.26. The SMILES string of the molecule is O=C(ON1C(=O)c2ccccc2C1=O)C1Cc2ccccc2S1(=O)=O. The van der Waals surface area contributed by atoms with Crippen molar-refractivity contribution in [3.8, 4) is 0 Å². The average molecular weight is 357 g/mol. The van der Waals surface area contributed by atoms with Crippen LogP contribution in [0, 0.1) is 0 Å². The molecule has 2 heterocycles. The third-order valence-corrected chi connectivity index (χ3v) is 6.38. The van der Waals surface area contributed by atoms with E-state index >= 15 is 0 Å². The summed E-state index contributed by atoms with van der Waals surface area (Å²) in [4.78, 5) is 41.8. The highest BCUT2D eigenvalue weighted by Gasteiger charge is 2.46. The normalized spacial score (nSPS) is 20.3. The van der Waals surface area contributed by atoms with Crippen molar-refractivity contribution in [1.29, 1.82) is 0 Å². The molecule has 25 heavy (non-hydrogen) atoms. The highest BCUT2D eigenvalue weighted by molar-refractivity contribution is 7.93. The van der Waals surface area contributed by atoms with Gasteiger partial charge in [-0.3, -0.25) is 9.59 Å². The van der Waals surface area contributed by atoms with Gasteiger partial charge in [0.05, 0.1) is 16.0 Å². The van der Waals surface area contributed by atoms with Gasteiger partial charge < -0.3 is 4.84 Å². The van der Waals surface area contributed by atoms with Crippen molar-refractivity contribution in [1.82, 2.24) is 5.06 Å². The van der Waals surface area contributed by atoms with Gasteiger partial charge in [-0.1, -0.05) is 35.4 Å². The van der Waals surface area contributed by atoms with E-state index in [9.17, 15) is 22.8 Å². The second kappa shape index (κ2) is 5.25. The number of carbonyl (C=O) groups excluding carboxylic acids is 3. The molecule has 4 rings (SSSR count). The van der Waals surface area contributed by atoms with Gasteiger partial charge in [0.1, 0.15) is 0 Å². The van der Waals surface area contributed by atoms with Gasteiger partial charge in [-0.15, -0.1) is 0 Å². The van der Waals surface area contributed by atoms with E-state index in [0.717, 1.165) is 0 Å². The zero-order chi connectivity index (χ0) is 17.8. The lowest BCUT2D eigenvalue weighted by Gasteiger charge is -2.15. The summed E-state index contributed by atoms with van der Waals surface area (Å²) in [6, 6.07) is 12.3. The molecule has 2 aliphatic rings. The Bertz CT molecular complexity index is 1010. The smallest absolute Gasteiger partial charge is 0.328 e. The summed E-state index contributed by atoms with van der Waals surface area (Å²) < 4.78 is 25.0. The molecular formula is C17H11NO6S. The molecule has 126 valence electrons. The van der Waals surface area contributed by atoms with E-state index < -0.39 is 32.9 Å². The Morgan fingerprint density at radius 1 is 0.960 bits per heavy atom. The van der Waals surface area contributed by atoms with Crippen LogP contribution >= 0.6 is 0 Å². The zero-order valence-corrected chi connectivity index (χ0v) is 13.5. The molecule has 0 saturated carbocycles. The van der Waals surface area contributed by atoms with E-state index in [2.05, 4.69) is 0 Å². The van der Waals surface area contributed by atoms with E-state index in [1.807, 2.05) is 0 Å². The molecule has 1 atom stereocenters. The van der Waals surface area contributed by atoms with E-state index in [1.54, 1.807) is 30.3 Å². The third kappa shape index (κ3) is 2.18. The lowest BCUT2D eigenvalue weighted by molar-refractivity contribution is -0.167. The van der Waals surface area contributed by atoms with Gasteiger partial charge in [0, 0.05) is 6.42 Å². The van der Waals surface area contributed by atoms with Crippen LogP contribution in [-0.2, 0) is 25.9 Å². The van der Waals surface area contributed by atoms with Gasteiger partial charge >= 0.3 is 5.97 Å². The van der Waals surface area contributed by atoms with Crippen molar-refractivity contribution in [3.05, 3.63) is 65.2 Å². The predicted octanol–water partition coefficient (Wildman–Crippen LogP) is 1.14. The highest BCUT2D eigenvalue weighted by Crippen LogP contribution is 2.32. The van der Waals surface area contributed by atoms with Gasteiger partial charge in [0.2, 0.25) is 0 Å². The molecule has 0 saturated heterocycles. The number of benzene rings is 2. The third-order valence-electron chi connectivity index (χ3n) is 4.26. The van der Waals surface area contributed by atoms with E-state index in [1.165, 1.54) is 18.2 Å². The molecule has 2 aromatic rings. The van der Waals surface area contributed by atoms with Crippen LogP contribution in [0.4, 0.5) is 0 Å². The number of hydrogen-bond acceptors (Lipinski definition) is 6. The first kappa shape index (κ1) is 15.5. The quantitative estimate of drug-likeness (QED) is 0.748. The minimum absolute atomic E-state index is 0.0551. The predicted molar refractivity (Wildman–Crippen MR) is 84.2 cm³/mol. The van der Waals surface area contributed by atoms with Crippen LogP contribution in [-0.4, -0.2) is 36.5 Å². The van der Waals surface area contributed by atoms with Crippen molar-refractivity contribution in [2.24, 2.45) is 0 Å². The van der Waals surface area contributed by atoms with Crippen molar-refractivity contribution < 1.29 is 27.6 Å². The second-order valence-electron chi connectivity index (χ2n) is 5.71. The van der Waals surface area contributed by atoms with Crippen LogP contribution in [0.2, 0.25) is 0 Å². The highest BCUT2D eigenvalue weighted by atomic mass is 32.2. The summed E-state index contributed by atoms with van der Waals surface area (Å²) in [6.45, 7) is 0. The van der Waals surface area contributed by atoms with Crippen molar-refractivity contribution in [2.45, 2.75) is 16.6 Å². The van der Waals surface area contributed by atoms with Gasteiger partial charge in [0.25, 0.3) is 11.8 Å². The van der Waals surface area contributed by atoms with Gasteiger partial charge in [-0.2, -0.15) is 0 Å². The van der Waals surface area contributed by atoms with Crippen molar-refractivity contribution >= 4 is 27.6 Å². The average Bonchev–Trinajstić information content (AvgIpc) is 3.02. The number of amides is 2. The molecule has 0 aliphatic carbocycles. The Labute approximate surface area is 142 Å². The summed E-state index contributed by atoms with van der Waals surface area (Å²) in [5.41, 5.74) is 0.725. The first-order valence-corrected chi connectivity index (χ1v) is 8.97. The molecule has 8 heteroatoms. The summed E-state index contributed by atoms with van der Waals surface area (Å²) >= 11 is 0. The Balaban J connectivity index is 1.61. The van der Waals surface area contributed by atoms with Crippen LogP contribution in [0.1, 0.15) is 26.3 Å². The largest absolute Gasteiger partial charge is 0.351 e. The van der Waals surface area contributed by atoms with Crippen molar-refractivity contribution in [2.75, 3.05) is 0 Å². The van der Waals surface area contributed by atoms with E-state index in [-0.39, 0.29) is 22.4 Å².